The smallest absolute Gasteiger partial charge is 0.173 e. The van der Waals surface area contributed by atoms with E-state index >= 15 is 0 Å². The third kappa shape index (κ3) is 4.15. The molecule has 7 heteroatoms. The van der Waals surface area contributed by atoms with Crippen LogP contribution in [-0.4, -0.2) is 51.3 Å². The van der Waals surface area contributed by atoms with E-state index in [9.17, 15) is 4.39 Å². The van der Waals surface area contributed by atoms with Crippen LogP contribution in [0, 0.1) is 5.82 Å². The van der Waals surface area contributed by atoms with E-state index in [-0.39, 0.29) is 17.4 Å². The molecule has 1 fully saturated rings. The van der Waals surface area contributed by atoms with Crippen LogP contribution in [0.3, 0.4) is 0 Å². The van der Waals surface area contributed by atoms with Gasteiger partial charge in [-0.3, -0.25) is 4.90 Å². The summed E-state index contributed by atoms with van der Waals surface area (Å²) in [6, 6.07) is 17.0. The van der Waals surface area contributed by atoms with Crippen molar-refractivity contribution < 1.29 is 4.39 Å². The first-order valence-electron chi connectivity index (χ1n) is 10.0. The number of halogens is 1. The van der Waals surface area contributed by atoms with Gasteiger partial charge in [0, 0.05) is 31.9 Å². The molecule has 2 aromatic carbocycles. The number of nitrogens with zero attached hydrogens (tertiary/aromatic N) is 6. The number of piperazine rings is 1. The molecule has 0 bridgehead atoms. The Bertz CT molecular complexity index is 924. The Labute approximate surface area is 170 Å². The van der Waals surface area contributed by atoms with Crippen LogP contribution < -0.4 is 4.90 Å². The number of hydrogen-bond donors (Lipinski definition) is 0. The molecular formula is C22H27FN6. The Morgan fingerprint density at radius 1 is 0.897 bits per heavy atom. The maximum absolute atomic E-state index is 13.6. The van der Waals surface area contributed by atoms with E-state index < -0.39 is 0 Å². The Morgan fingerprint density at radius 3 is 2.17 bits per heavy atom. The summed E-state index contributed by atoms with van der Waals surface area (Å²) in [6.45, 7) is 9.82. The standard InChI is InChI=1S/C22H27FN6/c1-22(2,3)29-21(24-25-26-29)20(17-9-11-18(23)12-10-17)28-15-13-27(14-16-28)19-7-5-4-6-8-19/h4-12,20H,13-16H2,1-3H3. The molecule has 3 aromatic rings. The van der Waals surface area contributed by atoms with Gasteiger partial charge < -0.3 is 4.90 Å². The molecule has 0 N–H and O–H groups in total. The Kier molecular flexibility index (Phi) is 5.32. The Hall–Kier alpha value is -2.80. The minimum absolute atomic E-state index is 0.122. The van der Waals surface area contributed by atoms with Gasteiger partial charge in [-0.2, -0.15) is 0 Å². The molecule has 0 saturated carbocycles. The van der Waals surface area contributed by atoms with Gasteiger partial charge in [0.15, 0.2) is 5.82 Å². The average molecular weight is 394 g/mol. The second-order valence-electron chi connectivity index (χ2n) is 8.43. The highest BCUT2D eigenvalue weighted by Crippen LogP contribution is 2.31. The van der Waals surface area contributed by atoms with E-state index in [2.05, 4.69) is 70.4 Å². The first kappa shape index (κ1) is 19.5. The fourth-order valence-corrected chi connectivity index (χ4v) is 3.89. The fraction of sp³-hybridized carbons (Fsp3) is 0.409. The number of rotatable bonds is 4. The minimum atomic E-state index is -0.247. The van der Waals surface area contributed by atoms with Crippen molar-refractivity contribution in [3.8, 4) is 0 Å². The molecule has 0 amide bonds. The summed E-state index contributed by atoms with van der Waals surface area (Å²) < 4.78 is 15.5. The summed E-state index contributed by atoms with van der Waals surface area (Å²) in [6.07, 6.45) is 0. The Morgan fingerprint density at radius 2 is 1.55 bits per heavy atom. The van der Waals surface area contributed by atoms with Gasteiger partial charge in [-0.15, -0.1) is 5.10 Å². The molecular weight excluding hydrogens is 367 g/mol. The number of anilines is 1. The number of benzene rings is 2. The first-order valence-corrected chi connectivity index (χ1v) is 10.0. The molecule has 0 aliphatic carbocycles. The van der Waals surface area contributed by atoms with Crippen LogP contribution in [0.2, 0.25) is 0 Å². The fourth-order valence-electron chi connectivity index (χ4n) is 3.89. The number of aromatic nitrogens is 4. The van der Waals surface area contributed by atoms with E-state index in [0.29, 0.717) is 0 Å². The second kappa shape index (κ2) is 7.91. The lowest BCUT2D eigenvalue weighted by Gasteiger charge is -2.40. The van der Waals surface area contributed by atoms with Crippen molar-refractivity contribution in [2.45, 2.75) is 32.4 Å². The van der Waals surface area contributed by atoms with Crippen molar-refractivity contribution in [3.63, 3.8) is 0 Å². The third-order valence-corrected chi connectivity index (χ3v) is 5.36. The molecule has 1 saturated heterocycles. The summed E-state index contributed by atoms with van der Waals surface area (Å²) in [4.78, 5) is 4.78. The maximum Gasteiger partial charge on any atom is 0.173 e. The van der Waals surface area contributed by atoms with E-state index in [1.807, 2.05) is 22.9 Å². The van der Waals surface area contributed by atoms with E-state index in [4.69, 9.17) is 0 Å². The normalized spacial score (nSPS) is 16.8. The lowest BCUT2D eigenvalue weighted by atomic mass is 10.0. The van der Waals surface area contributed by atoms with Gasteiger partial charge in [0.05, 0.1) is 11.6 Å². The van der Waals surface area contributed by atoms with Crippen LogP contribution in [0.1, 0.15) is 38.2 Å². The van der Waals surface area contributed by atoms with Gasteiger partial charge in [0.1, 0.15) is 5.82 Å². The minimum Gasteiger partial charge on any atom is -0.369 e. The van der Waals surface area contributed by atoms with Gasteiger partial charge >= 0.3 is 0 Å². The molecule has 6 nitrogen and oxygen atoms in total. The summed E-state index contributed by atoms with van der Waals surface area (Å²) in [5.74, 6) is 0.550. The van der Waals surface area contributed by atoms with Crippen molar-refractivity contribution in [1.82, 2.24) is 25.1 Å². The van der Waals surface area contributed by atoms with Crippen molar-refractivity contribution >= 4 is 5.69 Å². The topological polar surface area (TPSA) is 50.1 Å². The summed E-state index contributed by atoms with van der Waals surface area (Å²) in [7, 11) is 0. The quantitative estimate of drug-likeness (QED) is 0.678. The van der Waals surface area contributed by atoms with Gasteiger partial charge in [0.25, 0.3) is 0 Å². The van der Waals surface area contributed by atoms with Gasteiger partial charge in [0.2, 0.25) is 0 Å². The molecule has 1 aromatic heterocycles. The lowest BCUT2D eigenvalue weighted by molar-refractivity contribution is 0.191. The highest BCUT2D eigenvalue weighted by molar-refractivity contribution is 5.46. The molecule has 1 atom stereocenters. The van der Waals surface area contributed by atoms with Crippen LogP contribution in [0.5, 0.6) is 0 Å². The van der Waals surface area contributed by atoms with Crippen molar-refractivity contribution in [2.24, 2.45) is 0 Å². The van der Waals surface area contributed by atoms with Gasteiger partial charge in [-0.25, -0.2) is 9.07 Å². The van der Waals surface area contributed by atoms with Gasteiger partial charge in [-0.05, 0) is 61.0 Å². The number of hydrogen-bond acceptors (Lipinski definition) is 5. The third-order valence-electron chi connectivity index (χ3n) is 5.36. The molecule has 4 rings (SSSR count). The van der Waals surface area contributed by atoms with E-state index in [1.165, 1.54) is 17.8 Å². The zero-order valence-electron chi connectivity index (χ0n) is 17.2. The Balaban J connectivity index is 1.64. The maximum atomic E-state index is 13.6. The molecule has 152 valence electrons. The zero-order chi connectivity index (χ0) is 20.4. The molecule has 1 aliphatic heterocycles. The number of tetrazole rings is 1. The van der Waals surface area contributed by atoms with Crippen LogP contribution in [0.15, 0.2) is 54.6 Å². The molecule has 0 spiro atoms. The van der Waals surface area contributed by atoms with Crippen LogP contribution in [-0.2, 0) is 5.54 Å². The SMILES string of the molecule is CC(C)(C)n1nnnc1C(c1ccc(F)cc1)N1CCN(c2ccccc2)CC1. The van der Waals surface area contributed by atoms with Crippen LogP contribution in [0.4, 0.5) is 10.1 Å². The van der Waals surface area contributed by atoms with Crippen LogP contribution >= 0.6 is 0 Å². The van der Waals surface area contributed by atoms with Crippen molar-refractivity contribution in [3.05, 3.63) is 71.8 Å². The lowest BCUT2D eigenvalue weighted by Crippen LogP contribution is -2.48. The summed E-state index contributed by atoms with van der Waals surface area (Å²) >= 11 is 0. The highest BCUT2D eigenvalue weighted by Gasteiger charge is 2.33. The number of para-hydroxylation sites is 1. The molecule has 29 heavy (non-hydrogen) atoms. The summed E-state index contributed by atoms with van der Waals surface area (Å²) in [5.41, 5.74) is 1.99. The van der Waals surface area contributed by atoms with Gasteiger partial charge in [-0.1, -0.05) is 30.3 Å². The van der Waals surface area contributed by atoms with Crippen molar-refractivity contribution in [2.75, 3.05) is 31.1 Å². The molecule has 1 unspecified atom stereocenters. The van der Waals surface area contributed by atoms with E-state index in [1.54, 1.807) is 0 Å². The predicted molar refractivity (Wildman–Crippen MR) is 111 cm³/mol. The second-order valence-corrected chi connectivity index (χ2v) is 8.43. The molecule has 0 radical (unpaired) electrons. The average Bonchev–Trinajstić information content (AvgIpc) is 3.21. The van der Waals surface area contributed by atoms with E-state index in [0.717, 1.165) is 37.6 Å². The zero-order valence-corrected chi connectivity index (χ0v) is 17.2. The largest absolute Gasteiger partial charge is 0.369 e. The first-order chi connectivity index (χ1) is 13.9. The molecule has 1 aliphatic rings. The molecule has 2 heterocycles. The monoisotopic (exact) mass is 394 g/mol. The highest BCUT2D eigenvalue weighted by atomic mass is 19.1. The van der Waals surface area contributed by atoms with Crippen LogP contribution in [0.25, 0.3) is 0 Å². The predicted octanol–water partition coefficient (Wildman–Crippen LogP) is 3.48. The van der Waals surface area contributed by atoms with Crippen molar-refractivity contribution in [1.29, 1.82) is 0 Å². The summed E-state index contributed by atoms with van der Waals surface area (Å²) in [5, 5.41) is 12.6.